The molecule has 180 valence electrons. The summed E-state index contributed by atoms with van der Waals surface area (Å²) in [5, 5.41) is 9.50. The molecule has 0 aliphatic carbocycles. The summed E-state index contributed by atoms with van der Waals surface area (Å²) < 4.78 is 27.9. The van der Waals surface area contributed by atoms with Crippen LogP contribution in [0.2, 0.25) is 0 Å². The van der Waals surface area contributed by atoms with Crippen molar-refractivity contribution in [3.63, 3.8) is 0 Å². The quantitative estimate of drug-likeness (QED) is 0.606. The van der Waals surface area contributed by atoms with Crippen LogP contribution in [0.3, 0.4) is 0 Å². The number of hydrogen-bond acceptors (Lipinski definition) is 5. The van der Waals surface area contributed by atoms with E-state index in [1.807, 2.05) is 68.4 Å². The smallest absolute Gasteiger partial charge is 0.251 e. The van der Waals surface area contributed by atoms with Crippen molar-refractivity contribution < 1.29 is 18.3 Å². The van der Waals surface area contributed by atoms with Crippen LogP contribution in [-0.4, -0.2) is 67.5 Å². The number of carbonyl (C=O) groups excluding carboxylic acids is 1. The normalized spacial score (nSPS) is 15.8. The van der Waals surface area contributed by atoms with E-state index in [-0.39, 0.29) is 17.6 Å². The molecule has 8 heteroatoms. The third-order valence-electron chi connectivity index (χ3n) is 5.76. The molecule has 3 rings (SSSR count). The minimum Gasteiger partial charge on any atom is -0.384 e. The van der Waals surface area contributed by atoms with Crippen LogP contribution in [0.5, 0.6) is 0 Å². The molecule has 0 bridgehead atoms. The molecular formula is C25H35N3O4S. The average Bonchev–Trinajstić information content (AvgIpc) is 2.79. The van der Waals surface area contributed by atoms with Crippen LogP contribution in [0, 0.1) is 5.92 Å². The lowest BCUT2D eigenvalue weighted by Crippen LogP contribution is -2.51. The SMILES string of the molecule is CC(C)CN(Cc1ccc(N2CCN(C(=O)C(C)O)CC2)cc1)S(=O)(=O)Cc1ccccc1. The highest BCUT2D eigenvalue weighted by Crippen LogP contribution is 2.21. The van der Waals surface area contributed by atoms with Crippen molar-refractivity contribution >= 4 is 21.6 Å². The number of hydrogen-bond donors (Lipinski definition) is 1. The zero-order chi connectivity index (χ0) is 24.0. The molecule has 0 saturated carbocycles. The van der Waals surface area contributed by atoms with E-state index in [0.717, 1.165) is 16.8 Å². The fraction of sp³-hybridized carbons (Fsp3) is 0.480. The van der Waals surface area contributed by atoms with Gasteiger partial charge in [0.2, 0.25) is 10.0 Å². The lowest BCUT2D eigenvalue weighted by molar-refractivity contribution is -0.139. The highest BCUT2D eigenvalue weighted by molar-refractivity contribution is 7.88. The second-order valence-corrected chi connectivity index (χ2v) is 11.1. The Labute approximate surface area is 197 Å². The van der Waals surface area contributed by atoms with Crippen LogP contribution in [0.15, 0.2) is 54.6 Å². The molecule has 1 atom stereocenters. The third kappa shape index (κ3) is 7.03. The van der Waals surface area contributed by atoms with Crippen molar-refractivity contribution in [1.82, 2.24) is 9.21 Å². The molecule has 1 saturated heterocycles. The van der Waals surface area contributed by atoms with Gasteiger partial charge >= 0.3 is 0 Å². The molecule has 2 aromatic carbocycles. The van der Waals surface area contributed by atoms with Gasteiger partial charge in [-0.05, 0) is 36.1 Å². The number of rotatable bonds is 9. The first-order chi connectivity index (χ1) is 15.7. The number of anilines is 1. The van der Waals surface area contributed by atoms with Gasteiger partial charge in [0, 0.05) is 45.0 Å². The monoisotopic (exact) mass is 473 g/mol. The first-order valence-corrected chi connectivity index (χ1v) is 13.1. The largest absolute Gasteiger partial charge is 0.384 e. The third-order valence-corrected chi connectivity index (χ3v) is 7.53. The number of aliphatic hydroxyl groups is 1. The van der Waals surface area contributed by atoms with Crippen molar-refractivity contribution in [2.45, 2.75) is 39.2 Å². The van der Waals surface area contributed by atoms with Gasteiger partial charge in [-0.1, -0.05) is 56.3 Å². The van der Waals surface area contributed by atoms with Crippen LogP contribution in [0.25, 0.3) is 0 Å². The number of amides is 1. The Morgan fingerprint density at radius 2 is 1.55 bits per heavy atom. The molecule has 0 spiro atoms. The summed E-state index contributed by atoms with van der Waals surface area (Å²) in [5.41, 5.74) is 2.78. The predicted molar refractivity (Wildman–Crippen MR) is 131 cm³/mol. The van der Waals surface area contributed by atoms with Crippen LogP contribution in [0.4, 0.5) is 5.69 Å². The van der Waals surface area contributed by atoms with Crippen molar-refractivity contribution in [1.29, 1.82) is 0 Å². The fourth-order valence-corrected chi connectivity index (χ4v) is 5.69. The first kappa shape index (κ1) is 25.2. The topological polar surface area (TPSA) is 81.2 Å². The van der Waals surface area contributed by atoms with Gasteiger partial charge in [-0.25, -0.2) is 8.42 Å². The second-order valence-electron chi connectivity index (χ2n) is 9.08. The maximum Gasteiger partial charge on any atom is 0.251 e. The Balaban J connectivity index is 1.65. The van der Waals surface area contributed by atoms with Crippen LogP contribution < -0.4 is 4.90 Å². The van der Waals surface area contributed by atoms with Gasteiger partial charge in [0.1, 0.15) is 6.10 Å². The summed E-state index contributed by atoms with van der Waals surface area (Å²) in [6, 6.07) is 17.3. The minimum absolute atomic E-state index is 0.00585. The zero-order valence-corrected chi connectivity index (χ0v) is 20.5. The minimum atomic E-state index is -3.46. The van der Waals surface area contributed by atoms with Crippen molar-refractivity contribution in [2.24, 2.45) is 5.92 Å². The molecule has 7 nitrogen and oxygen atoms in total. The van der Waals surface area contributed by atoms with Gasteiger partial charge in [0.05, 0.1) is 5.75 Å². The van der Waals surface area contributed by atoms with Crippen molar-refractivity contribution in [3.05, 3.63) is 65.7 Å². The van der Waals surface area contributed by atoms with Gasteiger partial charge in [-0.3, -0.25) is 4.79 Å². The zero-order valence-electron chi connectivity index (χ0n) is 19.7. The van der Waals surface area contributed by atoms with Crippen LogP contribution >= 0.6 is 0 Å². The van der Waals surface area contributed by atoms with Gasteiger partial charge < -0.3 is 14.9 Å². The molecule has 0 aromatic heterocycles. The summed E-state index contributed by atoms with van der Waals surface area (Å²) >= 11 is 0. The fourth-order valence-electron chi connectivity index (χ4n) is 4.02. The summed E-state index contributed by atoms with van der Waals surface area (Å²) in [6.07, 6.45) is -0.970. The maximum atomic E-state index is 13.2. The van der Waals surface area contributed by atoms with Crippen LogP contribution in [-0.2, 0) is 27.1 Å². The van der Waals surface area contributed by atoms with Crippen LogP contribution in [0.1, 0.15) is 31.9 Å². The number of sulfonamides is 1. The Morgan fingerprint density at radius 1 is 0.939 bits per heavy atom. The number of aliphatic hydroxyl groups excluding tert-OH is 1. The van der Waals surface area contributed by atoms with E-state index in [4.69, 9.17) is 0 Å². The predicted octanol–water partition coefficient (Wildman–Crippen LogP) is 2.70. The molecule has 1 heterocycles. The lowest BCUT2D eigenvalue weighted by atomic mass is 10.1. The highest BCUT2D eigenvalue weighted by atomic mass is 32.2. The summed E-state index contributed by atoms with van der Waals surface area (Å²) in [7, 11) is -3.46. The number of piperazine rings is 1. The van der Waals surface area contributed by atoms with Gasteiger partial charge in [-0.2, -0.15) is 4.31 Å². The van der Waals surface area contributed by atoms with E-state index < -0.39 is 16.1 Å². The molecular weight excluding hydrogens is 438 g/mol. The van der Waals surface area contributed by atoms with Gasteiger partial charge in [0.15, 0.2) is 0 Å². The maximum absolute atomic E-state index is 13.2. The Bertz CT molecular complexity index is 1000. The summed E-state index contributed by atoms with van der Waals surface area (Å²) in [4.78, 5) is 15.9. The molecule has 33 heavy (non-hydrogen) atoms. The average molecular weight is 474 g/mol. The van der Waals surface area contributed by atoms with Gasteiger partial charge in [0.25, 0.3) is 5.91 Å². The number of nitrogens with zero attached hydrogens (tertiary/aromatic N) is 3. The van der Waals surface area contributed by atoms with E-state index in [0.29, 0.717) is 39.3 Å². The van der Waals surface area contributed by atoms with E-state index in [2.05, 4.69) is 4.90 Å². The standard InChI is InChI=1S/C25H35N3O4S/c1-20(2)17-28(33(31,32)19-23-7-5-4-6-8-23)18-22-9-11-24(12-10-22)26-13-15-27(16-14-26)25(30)21(3)29/h4-12,20-21,29H,13-19H2,1-3H3. The Morgan fingerprint density at radius 3 is 2.09 bits per heavy atom. The lowest BCUT2D eigenvalue weighted by Gasteiger charge is -2.36. The molecule has 1 N–H and O–H groups in total. The summed E-state index contributed by atoms with van der Waals surface area (Å²) in [6.45, 7) is 8.89. The van der Waals surface area contributed by atoms with E-state index >= 15 is 0 Å². The van der Waals surface area contributed by atoms with Gasteiger partial charge in [-0.15, -0.1) is 0 Å². The van der Waals surface area contributed by atoms with E-state index in [9.17, 15) is 18.3 Å². The number of carbonyl (C=O) groups is 1. The second kappa shape index (κ2) is 11.1. The Kier molecular flexibility index (Phi) is 8.51. The van der Waals surface area contributed by atoms with E-state index in [1.165, 1.54) is 6.92 Å². The molecule has 1 amide bonds. The molecule has 1 fully saturated rings. The number of benzene rings is 2. The molecule has 0 radical (unpaired) electrons. The molecule has 1 unspecified atom stereocenters. The first-order valence-electron chi connectivity index (χ1n) is 11.5. The Hall–Kier alpha value is -2.42. The summed E-state index contributed by atoms with van der Waals surface area (Å²) in [5.74, 6) is -0.0175. The van der Waals surface area contributed by atoms with E-state index in [1.54, 1.807) is 9.21 Å². The molecule has 1 aliphatic rings. The highest BCUT2D eigenvalue weighted by Gasteiger charge is 2.25. The van der Waals surface area contributed by atoms with Crippen molar-refractivity contribution in [3.8, 4) is 0 Å². The molecule has 1 aliphatic heterocycles. The molecule has 2 aromatic rings. The van der Waals surface area contributed by atoms with Crippen molar-refractivity contribution in [2.75, 3.05) is 37.6 Å².